The fourth-order valence-corrected chi connectivity index (χ4v) is 4.29. The van der Waals surface area contributed by atoms with Gasteiger partial charge in [-0.25, -0.2) is 14.1 Å². The highest BCUT2D eigenvalue weighted by molar-refractivity contribution is 5.85. The molecule has 0 saturated carbocycles. The molecule has 0 N–H and O–H groups in total. The largest absolute Gasteiger partial charge is 0.354 e. The third-order valence-electron chi connectivity index (χ3n) is 6.12. The Morgan fingerprint density at radius 1 is 0.879 bits per heavy atom. The summed E-state index contributed by atoms with van der Waals surface area (Å²) in [5, 5.41) is 4.61. The normalized spacial score (nSPS) is 14.2. The summed E-state index contributed by atoms with van der Waals surface area (Å²) in [6.07, 6.45) is 3.82. The number of anilines is 1. The van der Waals surface area contributed by atoms with E-state index in [1.807, 2.05) is 53.5 Å². The predicted molar refractivity (Wildman–Crippen MR) is 133 cm³/mol. The standard InChI is InChI=1S/C26H26FN5.ClH/c1-20-22(18-29-32(20)24-6-3-2-4-7-24)19-30-14-16-31(17-15-30)26-25(8-5-13-28-26)21-9-11-23(27)12-10-21;/h2-13,18H,14-17,19H2,1H3;1H. The highest BCUT2D eigenvalue weighted by atomic mass is 35.5. The molecule has 5 rings (SSSR count). The van der Waals surface area contributed by atoms with Crippen molar-refractivity contribution in [1.29, 1.82) is 0 Å². The lowest BCUT2D eigenvalue weighted by molar-refractivity contribution is 0.249. The van der Waals surface area contributed by atoms with Gasteiger partial charge in [0.1, 0.15) is 11.6 Å². The molecular weight excluding hydrogens is 437 g/mol. The van der Waals surface area contributed by atoms with Crippen LogP contribution >= 0.6 is 12.4 Å². The van der Waals surface area contributed by atoms with Crippen LogP contribution in [0.5, 0.6) is 0 Å². The maximum absolute atomic E-state index is 13.4. The van der Waals surface area contributed by atoms with E-state index in [1.165, 1.54) is 23.4 Å². The van der Waals surface area contributed by atoms with Gasteiger partial charge in [-0.2, -0.15) is 5.10 Å². The Morgan fingerprint density at radius 3 is 2.33 bits per heavy atom. The van der Waals surface area contributed by atoms with Gasteiger partial charge in [-0.3, -0.25) is 4.90 Å². The molecule has 1 aliphatic rings. The smallest absolute Gasteiger partial charge is 0.136 e. The predicted octanol–water partition coefficient (Wildman–Crippen LogP) is 5.13. The van der Waals surface area contributed by atoms with E-state index in [1.54, 1.807) is 0 Å². The molecule has 3 heterocycles. The van der Waals surface area contributed by atoms with Crippen molar-refractivity contribution < 1.29 is 4.39 Å². The van der Waals surface area contributed by atoms with E-state index in [2.05, 4.69) is 45.0 Å². The van der Waals surface area contributed by atoms with Gasteiger partial charge in [0.15, 0.2) is 0 Å². The summed E-state index contributed by atoms with van der Waals surface area (Å²) in [6.45, 7) is 6.73. The molecule has 170 valence electrons. The van der Waals surface area contributed by atoms with E-state index >= 15 is 0 Å². The van der Waals surface area contributed by atoms with Gasteiger partial charge in [0.2, 0.25) is 0 Å². The average molecular weight is 464 g/mol. The lowest BCUT2D eigenvalue weighted by Gasteiger charge is -2.36. The Morgan fingerprint density at radius 2 is 1.61 bits per heavy atom. The van der Waals surface area contributed by atoms with E-state index in [0.717, 1.165) is 55.4 Å². The minimum atomic E-state index is -0.223. The number of pyridine rings is 1. The fourth-order valence-electron chi connectivity index (χ4n) is 4.29. The van der Waals surface area contributed by atoms with Crippen molar-refractivity contribution in [1.82, 2.24) is 19.7 Å². The van der Waals surface area contributed by atoms with Crippen LogP contribution in [0.4, 0.5) is 10.2 Å². The highest BCUT2D eigenvalue weighted by Gasteiger charge is 2.22. The maximum atomic E-state index is 13.4. The molecule has 0 aliphatic carbocycles. The third-order valence-corrected chi connectivity index (χ3v) is 6.12. The van der Waals surface area contributed by atoms with Crippen molar-refractivity contribution in [3.05, 3.63) is 96.2 Å². The molecule has 0 spiro atoms. The molecule has 0 amide bonds. The zero-order chi connectivity index (χ0) is 21.9. The number of nitrogens with zero attached hydrogens (tertiary/aromatic N) is 5. The summed E-state index contributed by atoms with van der Waals surface area (Å²) in [5.74, 6) is 0.741. The van der Waals surface area contributed by atoms with Gasteiger partial charge in [-0.15, -0.1) is 12.4 Å². The average Bonchev–Trinajstić information content (AvgIpc) is 3.20. The minimum absolute atomic E-state index is 0. The molecule has 2 aromatic heterocycles. The van der Waals surface area contributed by atoms with Crippen LogP contribution in [0.1, 0.15) is 11.3 Å². The second kappa shape index (κ2) is 10.1. The second-order valence-corrected chi connectivity index (χ2v) is 8.15. The Labute approximate surface area is 199 Å². The SMILES string of the molecule is Cc1c(CN2CCN(c3ncccc3-c3ccc(F)cc3)CC2)cnn1-c1ccccc1.Cl. The maximum Gasteiger partial charge on any atom is 0.136 e. The molecule has 33 heavy (non-hydrogen) atoms. The number of rotatable bonds is 5. The van der Waals surface area contributed by atoms with Gasteiger partial charge in [0.05, 0.1) is 11.9 Å². The molecule has 4 aromatic rings. The number of hydrogen-bond donors (Lipinski definition) is 0. The first-order chi connectivity index (χ1) is 15.7. The van der Waals surface area contributed by atoms with E-state index in [0.29, 0.717) is 0 Å². The zero-order valence-electron chi connectivity index (χ0n) is 18.6. The molecule has 5 nitrogen and oxygen atoms in total. The summed E-state index contributed by atoms with van der Waals surface area (Å²) in [7, 11) is 0. The molecule has 0 atom stereocenters. The van der Waals surface area contributed by atoms with E-state index in [9.17, 15) is 4.39 Å². The fraction of sp³-hybridized carbons (Fsp3) is 0.231. The lowest BCUT2D eigenvalue weighted by atomic mass is 10.1. The van der Waals surface area contributed by atoms with E-state index < -0.39 is 0 Å². The first-order valence-corrected chi connectivity index (χ1v) is 11.0. The van der Waals surface area contributed by atoms with Gasteiger partial charge in [0.25, 0.3) is 0 Å². The molecule has 1 aliphatic heterocycles. The summed E-state index contributed by atoms with van der Waals surface area (Å²) in [5.41, 5.74) is 5.56. The molecule has 0 unspecified atom stereocenters. The number of para-hydroxylation sites is 1. The monoisotopic (exact) mass is 463 g/mol. The molecule has 0 radical (unpaired) electrons. The lowest BCUT2D eigenvalue weighted by Crippen LogP contribution is -2.46. The quantitative estimate of drug-likeness (QED) is 0.411. The molecule has 0 bridgehead atoms. The number of aromatic nitrogens is 3. The van der Waals surface area contributed by atoms with Crippen LogP contribution in [0.25, 0.3) is 16.8 Å². The van der Waals surface area contributed by atoms with Crippen LogP contribution in [-0.4, -0.2) is 45.8 Å². The van der Waals surface area contributed by atoms with Crippen LogP contribution in [-0.2, 0) is 6.54 Å². The van der Waals surface area contributed by atoms with E-state index in [4.69, 9.17) is 0 Å². The molecular formula is C26H27ClFN5. The van der Waals surface area contributed by atoms with Crippen LogP contribution in [0.3, 0.4) is 0 Å². The second-order valence-electron chi connectivity index (χ2n) is 8.15. The van der Waals surface area contributed by atoms with Crippen LogP contribution in [0.2, 0.25) is 0 Å². The molecule has 2 aromatic carbocycles. The van der Waals surface area contributed by atoms with Crippen LogP contribution < -0.4 is 4.90 Å². The van der Waals surface area contributed by atoms with Crippen molar-refractivity contribution in [3.8, 4) is 16.8 Å². The number of piperazine rings is 1. The summed E-state index contributed by atoms with van der Waals surface area (Å²) in [4.78, 5) is 9.46. The van der Waals surface area contributed by atoms with Crippen molar-refractivity contribution in [2.45, 2.75) is 13.5 Å². The van der Waals surface area contributed by atoms with Crippen LogP contribution in [0, 0.1) is 12.7 Å². The van der Waals surface area contributed by atoms with Gasteiger partial charge >= 0.3 is 0 Å². The van der Waals surface area contributed by atoms with Gasteiger partial charge in [-0.05, 0) is 48.9 Å². The summed E-state index contributed by atoms with van der Waals surface area (Å²) >= 11 is 0. The van der Waals surface area contributed by atoms with Crippen molar-refractivity contribution in [2.24, 2.45) is 0 Å². The Balaban J connectivity index is 0.00000259. The number of hydrogen-bond acceptors (Lipinski definition) is 4. The summed E-state index contributed by atoms with van der Waals surface area (Å²) < 4.78 is 15.4. The zero-order valence-corrected chi connectivity index (χ0v) is 19.4. The van der Waals surface area contributed by atoms with Crippen molar-refractivity contribution >= 4 is 18.2 Å². The van der Waals surface area contributed by atoms with Crippen molar-refractivity contribution in [3.63, 3.8) is 0 Å². The number of halogens is 2. The minimum Gasteiger partial charge on any atom is -0.354 e. The van der Waals surface area contributed by atoms with Crippen LogP contribution in [0.15, 0.2) is 79.1 Å². The first-order valence-electron chi connectivity index (χ1n) is 11.0. The van der Waals surface area contributed by atoms with Crippen molar-refractivity contribution in [2.75, 3.05) is 31.1 Å². The summed E-state index contributed by atoms with van der Waals surface area (Å²) in [6, 6.07) is 20.9. The number of benzene rings is 2. The van der Waals surface area contributed by atoms with E-state index in [-0.39, 0.29) is 18.2 Å². The topological polar surface area (TPSA) is 37.2 Å². The van der Waals surface area contributed by atoms with Gasteiger partial charge in [0, 0.05) is 55.7 Å². The van der Waals surface area contributed by atoms with Gasteiger partial charge in [-0.1, -0.05) is 30.3 Å². The Bertz CT molecular complexity index is 1190. The Kier molecular flexibility index (Phi) is 7.06. The molecule has 1 saturated heterocycles. The Hall–Kier alpha value is -3.22. The highest BCUT2D eigenvalue weighted by Crippen LogP contribution is 2.29. The first kappa shape index (κ1) is 23.0. The molecule has 1 fully saturated rings. The third kappa shape index (κ3) is 4.92. The van der Waals surface area contributed by atoms with Gasteiger partial charge < -0.3 is 4.90 Å². The molecule has 7 heteroatoms.